The second-order valence-corrected chi connectivity index (χ2v) is 6.46. The van der Waals surface area contributed by atoms with Gasteiger partial charge in [0.2, 0.25) is 11.9 Å². The monoisotopic (exact) mass is 317 g/mol. The Bertz CT molecular complexity index is 479. The topological polar surface area (TPSA) is 52.6 Å². The van der Waals surface area contributed by atoms with Gasteiger partial charge in [-0.3, -0.25) is 9.69 Å². The first-order valence-electron chi connectivity index (χ1n) is 8.85. The van der Waals surface area contributed by atoms with Crippen molar-refractivity contribution >= 4 is 11.9 Å². The van der Waals surface area contributed by atoms with Crippen LogP contribution in [-0.2, 0) is 4.79 Å². The van der Waals surface area contributed by atoms with Gasteiger partial charge in [0, 0.05) is 51.7 Å². The lowest BCUT2D eigenvalue weighted by Gasteiger charge is -2.35. The molecule has 3 rings (SSSR count). The highest BCUT2D eigenvalue weighted by molar-refractivity contribution is 5.78. The third-order valence-electron chi connectivity index (χ3n) is 4.77. The summed E-state index contributed by atoms with van der Waals surface area (Å²) in [6.45, 7) is 6.01. The number of hydrogen-bond acceptors (Lipinski definition) is 5. The molecule has 23 heavy (non-hydrogen) atoms. The van der Waals surface area contributed by atoms with Gasteiger partial charge in [0.25, 0.3) is 0 Å². The number of carbonyl (C=O) groups is 1. The van der Waals surface area contributed by atoms with E-state index < -0.39 is 0 Å². The second kappa shape index (κ2) is 8.24. The fraction of sp³-hybridized carbons (Fsp3) is 0.706. The summed E-state index contributed by atoms with van der Waals surface area (Å²) in [4.78, 5) is 27.7. The van der Waals surface area contributed by atoms with E-state index >= 15 is 0 Å². The summed E-state index contributed by atoms with van der Waals surface area (Å²) in [5.74, 6) is 1.10. The molecular weight excluding hydrogens is 290 g/mol. The van der Waals surface area contributed by atoms with Crippen LogP contribution < -0.4 is 4.90 Å². The van der Waals surface area contributed by atoms with Crippen LogP contribution in [0.25, 0.3) is 0 Å². The molecule has 1 aromatic heterocycles. The zero-order chi connectivity index (χ0) is 15.9. The Hall–Kier alpha value is -1.69. The molecule has 2 aliphatic rings. The number of rotatable bonds is 3. The van der Waals surface area contributed by atoms with Crippen molar-refractivity contribution in [3.63, 3.8) is 0 Å². The molecule has 0 saturated carbocycles. The van der Waals surface area contributed by atoms with Crippen molar-refractivity contribution in [2.75, 3.05) is 50.7 Å². The maximum atomic E-state index is 12.5. The number of piperazine rings is 1. The summed E-state index contributed by atoms with van der Waals surface area (Å²) in [6, 6.07) is 1.84. The van der Waals surface area contributed by atoms with Gasteiger partial charge < -0.3 is 9.80 Å². The van der Waals surface area contributed by atoms with E-state index in [1.54, 1.807) is 12.4 Å². The zero-order valence-corrected chi connectivity index (χ0v) is 13.9. The molecule has 0 aromatic carbocycles. The average molecular weight is 317 g/mol. The highest BCUT2D eigenvalue weighted by Crippen LogP contribution is 2.12. The highest BCUT2D eigenvalue weighted by atomic mass is 16.2. The summed E-state index contributed by atoms with van der Waals surface area (Å²) < 4.78 is 0. The fourth-order valence-electron chi connectivity index (χ4n) is 3.35. The Morgan fingerprint density at radius 1 is 0.870 bits per heavy atom. The number of nitrogens with zero attached hydrogens (tertiary/aromatic N) is 5. The van der Waals surface area contributed by atoms with Gasteiger partial charge in [-0.15, -0.1) is 0 Å². The molecule has 0 unspecified atom stereocenters. The zero-order valence-electron chi connectivity index (χ0n) is 13.9. The summed E-state index contributed by atoms with van der Waals surface area (Å²) >= 11 is 0. The van der Waals surface area contributed by atoms with Gasteiger partial charge in [-0.1, -0.05) is 19.3 Å². The summed E-state index contributed by atoms with van der Waals surface area (Å²) in [5, 5.41) is 0. The van der Waals surface area contributed by atoms with Crippen molar-refractivity contribution in [2.24, 2.45) is 0 Å². The molecule has 0 atom stereocenters. The Labute approximate surface area is 138 Å². The molecule has 126 valence electrons. The van der Waals surface area contributed by atoms with Gasteiger partial charge >= 0.3 is 0 Å². The lowest BCUT2D eigenvalue weighted by atomic mass is 10.1. The maximum Gasteiger partial charge on any atom is 0.236 e. The van der Waals surface area contributed by atoms with Crippen molar-refractivity contribution in [3.05, 3.63) is 18.5 Å². The average Bonchev–Trinajstić information content (AvgIpc) is 2.56. The van der Waals surface area contributed by atoms with Gasteiger partial charge in [-0.2, -0.15) is 0 Å². The minimum Gasteiger partial charge on any atom is -0.342 e. The number of likely N-dealkylation sites (tertiary alicyclic amines) is 1. The molecule has 3 heterocycles. The Morgan fingerprint density at radius 3 is 2.13 bits per heavy atom. The predicted octanol–water partition coefficient (Wildman–Crippen LogP) is 1.39. The molecule has 0 spiro atoms. The van der Waals surface area contributed by atoms with E-state index in [9.17, 15) is 4.79 Å². The van der Waals surface area contributed by atoms with Crippen LogP contribution in [0.1, 0.15) is 32.1 Å². The van der Waals surface area contributed by atoms with Crippen LogP contribution in [0.4, 0.5) is 5.95 Å². The van der Waals surface area contributed by atoms with E-state index in [2.05, 4.69) is 24.7 Å². The SMILES string of the molecule is O=C(CN1CCN(c2ncccn2)CC1)N1CCCCCCC1. The third-order valence-corrected chi connectivity index (χ3v) is 4.77. The smallest absolute Gasteiger partial charge is 0.236 e. The van der Waals surface area contributed by atoms with Crippen LogP contribution >= 0.6 is 0 Å². The Kier molecular flexibility index (Phi) is 5.80. The van der Waals surface area contributed by atoms with Crippen LogP contribution in [0.5, 0.6) is 0 Å². The standard InChI is InChI=1S/C17H27N5O/c23-16(21-9-4-2-1-3-5-10-21)15-20-11-13-22(14-12-20)17-18-7-6-8-19-17/h6-8H,1-5,9-15H2. The number of aromatic nitrogens is 2. The van der Waals surface area contributed by atoms with Crippen LogP contribution in [0.15, 0.2) is 18.5 Å². The van der Waals surface area contributed by atoms with E-state index in [0.29, 0.717) is 12.5 Å². The van der Waals surface area contributed by atoms with Crippen LogP contribution in [0.3, 0.4) is 0 Å². The van der Waals surface area contributed by atoms with E-state index in [-0.39, 0.29) is 0 Å². The fourth-order valence-corrected chi connectivity index (χ4v) is 3.35. The minimum atomic E-state index is 0.302. The molecule has 0 N–H and O–H groups in total. The molecule has 1 aromatic rings. The van der Waals surface area contributed by atoms with E-state index in [4.69, 9.17) is 0 Å². The van der Waals surface area contributed by atoms with Gasteiger partial charge in [-0.05, 0) is 18.9 Å². The van der Waals surface area contributed by atoms with E-state index in [0.717, 1.165) is 58.1 Å². The van der Waals surface area contributed by atoms with Crippen LogP contribution in [0.2, 0.25) is 0 Å². The lowest BCUT2D eigenvalue weighted by Crippen LogP contribution is -2.50. The summed E-state index contributed by atoms with van der Waals surface area (Å²) in [6.07, 6.45) is 9.72. The molecule has 0 bridgehead atoms. The molecule has 1 amide bonds. The molecular formula is C17H27N5O. The molecule has 0 aliphatic carbocycles. The Morgan fingerprint density at radius 2 is 1.48 bits per heavy atom. The van der Waals surface area contributed by atoms with Crippen LogP contribution in [-0.4, -0.2) is 71.5 Å². The van der Waals surface area contributed by atoms with E-state index in [1.165, 1.54) is 19.3 Å². The van der Waals surface area contributed by atoms with Gasteiger partial charge in [0.05, 0.1) is 6.54 Å². The van der Waals surface area contributed by atoms with E-state index in [1.807, 2.05) is 6.07 Å². The van der Waals surface area contributed by atoms with Crippen molar-refractivity contribution in [1.82, 2.24) is 19.8 Å². The summed E-state index contributed by atoms with van der Waals surface area (Å²) in [7, 11) is 0. The molecule has 6 heteroatoms. The van der Waals surface area contributed by atoms with Gasteiger partial charge in [0.1, 0.15) is 0 Å². The number of anilines is 1. The largest absolute Gasteiger partial charge is 0.342 e. The number of amides is 1. The first-order valence-corrected chi connectivity index (χ1v) is 8.85. The predicted molar refractivity (Wildman–Crippen MR) is 90.4 cm³/mol. The normalized spacial score (nSPS) is 20.9. The van der Waals surface area contributed by atoms with Crippen LogP contribution in [0, 0.1) is 0 Å². The van der Waals surface area contributed by atoms with Crippen molar-refractivity contribution in [1.29, 1.82) is 0 Å². The van der Waals surface area contributed by atoms with Crippen molar-refractivity contribution in [2.45, 2.75) is 32.1 Å². The lowest BCUT2D eigenvalue weighted by molar-refractivity contribution is -0.132. The molecule has 2 fully saturated rings. The third kappa shape index (κ3) is 4.64. The highest BCUT2D eigenvalue weighted by Gasteiger charge is 2.22. The maximum absolute atomic E-state index is 12.5. The number of carbonyl (C=O) groups excluding carboxylic acids is 1. The first-order chi connectivity index (χ1) is 11.3. The second-order valence-electron chi connectivity index (χ2n) is 6.46. The minimum absolute atomic E-state index is 0.302. The van der Waals surface area contributed by atoms with Crippen molar-refractivity contribution in [3.8, 4) is 0 Å². The first kappa shape index (κ1) is 16.2. The molecule has 2 saturated heterocycles. The molecule has 2 aliphatic heterocycles. The summed E-state index contributed by atoms with van der Waals surface area (Å²) in [5.41, 5.74) is 0. The van der Waals surface area contributed by atoms with Gasteiger partial charge in [0.15, 0.2) is 0 Å². The molecule has 0 radical (unpaired) electrons. The Balaban J connectivity index is 1.45. The number of hydrogen-bond donors (Lipinski definition) is 0. The quantitative estimate of drug-likeness (QED) is 0.843. The molecule has 6 nitrogen and oxygen atoms in total. The van der Waals surface area contributed by atoms with Gasteiger partial charge in [-0.25, -0.2) is 9.97 Å². The van der Waals surface area contributed by atoms with Crippen molar-refractivity contribution < 1.29 is 4.79 Å².